The average molecular weight is 764 g/mol. The van der Waals surface area contributed by atoms with Crippen LogP contribution >= 0.6 is 0 Å². The van der Waals surface area contributed by atoms with Crippen molar-refractivity contribution in [2.45, 2.75) is 142 Å². The molecular weight excluding hydrogens is 702 g/mol. The lowest BCUT2D eigenvalue weighted by atomic mass is 9.96. The Labute approximate surface area is 325 Å². The molecule has 8 atom stereocenters. The lowest BCUT2D eigenvalue weighted by Gasteiger charge is -2.34. The first-order chi connectivity index (χ1) is 26.2. The van der Waals surface area contributed by atoms with Crippen molar-refractivity contribution in [3.8, 4) is 0 Å². The Morgan fingerprint density at radius 3 is 1.53 bits per heavy atom. The fourth-order valence-electron chi connectivity index (χ4n) is 8.47. The molecule has 1 aromatic rings. The van der Waals surface area contributed by atoms with E-state index in [2.05, 4.69) is 21.3 Å². The first-order valence-corrected chi connectivity index (χ1v) is 20.4. The van der Waals surface area contributed by atoms with Gasteiger partial charge in [-0.2, -0.15) is 0 Å². The summed E-state index contributed by atoms with van der Waals surface area (Å²) in [6, 6.07) is 2.78. The normalized spacial score (nSPS) is 29.6. The smallest absolute Gasteiger partial charge is 0.246 e. The molecule has 0 bridgehead atoms. The summed E-state index contributed by atoms with van der Waals surface area (Å²) in [5, 5.41) is 11.8. The van der Waals surface area contributed by atoms with Gasteiger partial charge in [-0.1, -0.05) is 78.3 Å². The van der Waals surface area contributed by atoms with Crippen molar-refractivity contribution in [2.75, 3.05) is 19.6 Å². The SMILES string of the molecule is CC[C@H](C)[C@@H]1NC(=O)[C@@H]2CCCN2C(=O)[C@H](CC(C)C)NC(=O)[C@@H]2CCCN2C(=O)C(C(C)C)NC(=O)[C@@H]2CCCN2C(=O)[C@H](Cc2ccccc2)NC1=O. The average Bonchev–Trinajstić information content (AvgIpc) is 3.95. The summed E-state index contributed by atoms with van der Waals surface area (Å²) < 4.78 is 0. The van der Waals surface area contributed by atoms with Crippen LogP contribution in [-0.2, 0) is 40.0 Å². The number of carbonyl (C=O) groups is 7. The first kappa shape index (κ1) is 41.7. The van der Waals surface area contributed by atoms with Crippen LogP contribution in [0.1, 0.15) is 98.5 Å². The van der Waals surface area contributed by atoms with E-state index in [1.165, 1.54) is 14.7 Å². The number of amides is 7. The molecule has 0 radical (unpaired) electrons. The van der Waals surface area contributed by atoms with Gasteiger partial charge >= 0.3 is 0 Å². The highest BCUT2D eigenvalue weighted by atomic mass is 16.2. The van der Waals surface area contributed by atoms with Crippen molar-refractivity contribution in [3.63, 3.8) is 0 Å². The molecule has 14 nitrogen and oxygen atoms in total. The minimum atomic E-state index is -1.05. The minimum absolute atomic E-state index is 0.0284. The van der Waals surface area contributed by atoms with Gasteiger partial charge in [-0.15, -0.1) is 0 Å². The van der Waals surface area contributed by atoms with Gasteiger partial charge in [0.1, 0.15) is 42.3 Å². The number of carbonyl (C=O) groups excluding carboxylic acids is 7. The van der Waals surface area contributed by atoms with E-state index in [1.54, 1.807) is 0 Å². The fraction of sp³-hybridized carbons (Fsp3) is 0.683. The highest BCUT2D eigenvalue weighted by Crippen LogP contribution is 2.26. The largest absolute Gasteiger partial charge is 0.342 e. The third kappa shape index (κ3) is 9.67. The summed E-state index contributed by atoms with van der Waals surface area (Å²) in [6.07, 6.45) is 3.92. The molecule has 302 valence electrons. The second-order valence-electron chi connectivity index (χ2n) is 16.6. The van der Waals surface area contributed by atoms with Crippen LogP contribution in [0.15, 0.2) is 30.3 Å². The van der Waals surface area contributed by atoms with E-state index in [9.17, 15) is 33.6 Å². The Kier molecular flexibility index (Phi) is 14.0. The molecule has 55 heavy (non-hydrogen) atoms. The van der Waals surface area contributed by atoms with Gasteiger partial charge in [0.25, 0.3) is 0 Å². The van der Waals surface area contributed by atoms with Gasteiger partial charge < -0.3 is 36.0 Å². The van der Waals surface area contributed by atoms with Gasteiger partial charge in [0.15, 0.2) is 0 Å². The van der Waals surface area contributed by atoms with Crippen molar-refractivity contribution in [3.05, 3.63) is 35.9 Å². The molecule has 0 aromatic heterocycles. The highest BCUT2D eigenvalue weighted by molar-refractivity contribution is 5.99. The molecule has 1 unspecified atom stereocenters. The molecule has 5 rings (SSSR count). The van der Waals surface area contributed by atoms with Gasteiger partial charge in [0.05, 0.1) is 0 Å². The van der Waals surface area contributed by atoms with Crippen molar-refractivity contribution < 1.29 is 33.6 Å². The van der Waals surface area contributed by atoms with E-state index >= 15 is 0 Å². The molecule has 0 saturated carbocycles. The third-order valence-electron chi connectivity index (χ3n) is 11.8. The monoisotopic (exact) mass is 763 g/mol. The van der Waals surface area contributed by atoms with Crippen molar-refractivity contribution in [1.29, 1.82) is 0 Å². The number of hydrogen-bond acceptors (Lipinski definition) is 7. The molecule has 4 heterocycles. The molecular formula is C41H61N7O7. The van der Waals surface area contributed by atoms with Gasteiger partial charge in [-0.25, -0.2) is 0 Å². The summed E-state index contributed by atoms with van der Waals surface area (Å²) in [5.41, 5.74) is 0.806. The molecule has 7 amide bonds. The Balaban J connectivity index is 1.55. The Morgan fingerprint density at radius 1 is 0.582 bits per heavy atom. The summed E-state index contributed by atoms with van der Waals surface area (Å²) in [5.74, 6) is -3.75. The summed E-state index contributed by atoms with van der Waals surface area (Å²) in [7, 11) is 0. The Bertz CT molecular complexity index is 1590. The molecule has 4 aliphatic heterocycles. The predicted octanol–water partition coefficient (Wildman–Crippen LogP) is 1.90. The van der Waals surface area contributed by atoms with Gasteiger partial charge in [-0.05, 0) is 68.3 Å². The first-order valence-electron chi connectivity index (χ1n) is 20.4. The Hall–Kier alpha value is -4.49. The topological polar surface area (TPSA) is 177 Å². The fourth-order valence-corrected chi connectivity index (χ4v) is 8.47. The molecule has 1 aromatic carbocycles. The number of rotatable bonds is 7. The number of hydrogen-bond donors (Lipinski definition) is 4. The predicted molar refractivity (Wildman–Crippen MR) is 206 cm³/mol. The van der Waals surface area contributed by atoms with E-state index in [4.69, 9.17) is 0 Å². The minimum Gasteiger partial charge on any atom is -0.342 e. The Morgan fingerprint density at radius 2 is 1.04 bits per heavy atom. The highest BCUT2D eigenvalue weighted by Gasteiger charge is 2.45. The van der Waals surface area contributed by atoms with Crippen LogP contribution in [0.2, 0.25) is 0 Å². The maximum Gasteiger partial charge on any atom is 0.246 e. The maximum absolute atomic E-state index is 14.5. The van der Waals surface area contributed by atoms with Crippen LogP contribution in [0.4, 0.5) is 0 Å². The van der Waals surface area contributed by atoms with Gasteiger partial charge in [0, 0.05) is 26.1 Å². The third-order valence-corrected chi connectivity index (χ3v) is 11.8. The van der Waals surface area contributed by atoms with E-state index in [1.807, 2.05) is 71.9 Å². The van der Waals surface area contributed by atoms with Gasteiger partial charge in [0.2, 0.25) is 41.4 Å². The zero-order valence-electron chi connectivity index (χ0n) is 33.3. The second-order valence-corrected chi connectivity index (χ2v) is 16.6. The summed E-state index contributed by atoms with van der Waals surface area (Å²) in [6.45, 7) is 12.2. The van der Waals surface area contributed by atoms with Crippen molar-refractivity contribution in [1.82, 2.24) is 36.0 Å². The van der Waals surface area contributed by atoms with Crippen LogP contribution < -0.4 is 21.3 Å². The summed E-state index contributed by atoms with van der Waals surface area (Å²) >= 11 is 0. The number of nitrogens with zero attached hydrogens (tertiary/aromatic N) is 3. The quantitative estimate of drug-likeness (QED) is 0.328. The molecule has 0 aliphatic carbocycles. The zero-order valence-corrected chi connectivity index (χ0v) is 33.3. The van der Waals surface area contributed by atoms with Crippen LogP contribution in [0.3, 0.4) is 0 Å². The lowest BCUT2D eigenvalue weighted by Crippen LogP contribution is -2.60. The lowest BCUT2D eigenvalue weighted by molar-refractivity contribution is -0.146. The van der Waals surface area contributed by atoms with Crippen LogP contribution in [-0.4, -0.2) is 118 Å². The molecule has 14 heteroatoms. The van der Waals surface area contributed by atoms with Crippen LogP contribution in [0, 0.1) is 17.8 Å². The van der Waals surface area contributed by atoms with E-state index in [0.29, 0.717) is 71.0 Å². The van der Waals surface area contributed by atoms with Crippen molar-refractivity contribution >= 4 is 41.4 Å². The number of benzene rings is 1. The van der Waals surface area contributed by atoms with Crippen molar-refractivity contribution in [2.24, 2.45) is 17.8 Å². The van der Waals surface area contributed by atoms with Crippen LogP contribution in [0.25, 0.3) is 0 Å². The number of nitrogens with one attached hydrogen (secondary N) is 4. The molecule has 4 aliphatic rings. The molecule has 4 N–H and O–H groups in total. The number of fused-ring (bicyclic) bond motifs is 3. The molecule has 0 spiro atoms. The summed E-state index contributed by atoms with van der Waals surface area (Å²) in [4.78, 5) is 104. The van der Waals surface area contributed by atoms with E-state index in [-0.39, 0.29) is 30.1 Å². The zero-order chi connectivity index (χ0) is 40.0. The second kappa shape index (κ2) is 18.4. The van der Waals surface area contributed by atoms with E-state index in [0.717, 1.165) is 5.56 Å². The van der Waals surface area contributed by atoms with Gasteiger partial charge in [-0.3, -0.25) is 33.6 Å². The molecule has 4 saturated heterocycles. The standard InChI is InChI=1S/C41H61N7O7/c1-7-26(6)34-38(52)43-29(23-27-14-9-8-10-15-27)40(54)47-20-11-17-31(47)36(50)44-33(25(4)5)41(55)48-21-13-16-30(48)35(49)42-28(22-24(2)3)39(53)46-19-12-18-32(46)37(51)45-34/h8-10,14-15,24-26,28-34H,7,11-13,16-23H2,1-6H3,(H,42,49)(H,43,52)(H,44,50)(H,45,51)/t26-,28-,29-,30-,31-,32-,33?,34-/m0/s1. The van der Waals surface area contributed by atoms with Crippen LogP contribution in [0.5, 0.6) is 0 Å². The molecule has 4 fully saturated rings. The maximum atomic E-state index is 14.5. The van der Waals surface area contributed by atoms with E-state index < -0.39 is 77.7 Å².